The first-order valence-electron chi connectivity index (χ1n) is 4.78. The van der Waals surface area contributed by atoms with E-state index in [-0.39, 0.29) is 19.0 Å². The molecule has 0 fully saturated rings. The van der Waals surface area contributed by atoms with Crippen LogP contribution in [0.2, 0.25) is 0 Å². The molecule has 4 nitrogen and oxygen atoms in total. The van der Waals surface area contributed by atoms with Crippen LogP contribution in [0.15, 0.2) is 0 Å². The molecule has 1 N–H and O–H groups in total. The molecule has 0 bridgehead atoms. The Kier molecular flexibility index (Phi) is 10.2. The Bertz CT molecular complexity index is 244. The van der Waals surface area contributed by atoms with Crippen LogP contribution in [-0.2, 0) is 10.3 Å². The fraction of sp³-hybridized carbons (Fsp3) is 1.00. The molecule has 94 valence electrons. The lowest BCUT2D eigenvalue weighted by Crippen LogP contribution is -2.35. The van der Waals surface area contributed by atoms with E-state index in [1.807, 2.05) is 0 Å². The third-order valence-electron chi connectivity index (χ3n) is 1.93. The monoisotopic (exact) mass is 279 g/mol. The summed E-state index contributed by atoms with van der Waals surface area (Å²) in [5.41, 5.74) is -0.702. The van der Waals surface area contributed by atoms with Crippen LogP contribution in [0.25, 0.3) is 0 Å². The second-order valence-corrected chi connectivity index (χ2v) is 5.22. The summed E-state index contributed by atoms with van der Waals surface area (Å²) >= 11 is 5.63. The number of alkyl halides is 1. The van der Waals surface area contributed by atoms with Crippen molar-refractivity contribution in [2.24, 2.45) is 0 Å². The molecule has 0 aromatic carbocycles. The molecule has 15 heavy (non-hydrogen) atoms. The molecule has 0 aromatic heterocycles. The van der Waals surface area contributed by atoms with E-state index in [4.69, 9.17) is 16.2 Å². The minimum absolute atomic E-state index is 0. The van der Waals surface area contributed by atoms with Crippen LogP contribution >= 0.6 is 24.0 Å². The molecule has 0 saturated heterocycles. The van der Waals surface area contributed by atoms with Crippen molar-refractivity contribution in [2.45, 2.75) is 45.0 Å². The van der Waals surface area contributed by atoms with Crippen molar-refractivity contribution in [1.29, 1.82) is 0 Å². The molecule has 0 aromatic rings. The van der Waals surface area contributed by atoms with E-state index < -0.39 is 15.8 Å². The summed E-state index contributed by atoms with van der Waals surface area (Å²) in [4.78, 5) is 0. The third kappa shape index (κ3) is 8.28. The molecular weight excluding hydrogens is 261 g/mol. The molecule has 0 radical (unpaired) electrons. The van der Waals surface area contributed by atoms with Gasteiger partial charge in [-0.3, -0.25) is 4.55 Å². The average Bonchev–Trinajstić information content (AvgIpc) is 2.01. The van der Waals surface area contributed by atoms with Gasteiger partial charge in [-0.15, -0.1) is 24.0 Å². The highest BCUT2D eigenvalue weighted by molar-refractivity contribution is 7.83. The van der Waals surface area contributed by atoms with Gasteiger partial charge in [0.05, 0.1) is 5.50 Å². The quantitative estimate of drug-likeness (QED) is 0.337. The van der Waals surface area contributed by atoms with E-state index in [1.165, 1.54) is 6.92 Å². The van der Waals surface area contributed by atoms with Crippen molar-refractivity contribution in [3.05, 3.63) is 0 Å². The lowest BCUT2D eigenvalue weighted by molar-refractivity contribution is 0.336. The second-order valence-electron chi connectivity index (χ2n) is 3.22. The van der Waals surface area contributed by atoms with Gasteiger partial charge >= 0.3 is 10.3 Å². The van der Waals surface area contributed by atoms with E-state index >= 15 is 0 Å². The predicted octanol–water partition coefficient (Wildman–Crippen LogP) is 2.68. The second kappa shape index (κ2) is 8.58. The first kappa shape index (κ1) is 17.8. The molecule has 0 saturated carbocycles. The van der Waals surface area contributed by atoms with E-state index in [0.717, 1.165) is 30.0 Å². The summed E-state index contributed by atoms with van der Waals surface area (Å²) in [5.74, 6) is 0. The van der Waals surface area contributed by atoms with E-state index in [9.17, 15) is 8.42 Å². The van der Waals surface area contributed by atoms with Gasteiger partial charge < -0.3 is 0 Å². The molecule has 0 aliphatic heterocycles. The van der Waals surface area contributed by atoms with Crippen LogP contribution in [0, 0.1) is 0 Å². The molecule has 0 aliphatic rings. The molecule has 0 amide bonds. The van der Waals surface area contributed by atoms with Crippen molar-refractivity contribution in [3.8, 4) is 0 Å². The summed E-state index contributed by atoms with van der Waals surface area (Å²) < 4.78 is 31.4. The molecule has 7 heteroatoms. The zero-order valence-electron chi connectivity index (χ0n) is 9.02. The van der Waals surface area contributed by atoms with Gasteiger partial charge in [-0.25, -0.2) is 0 Å². The molecular formula is C8H19Cl2NO3S. The largest absolute Gasteiger partial charge is 0.337 e. The standard InChI is InChI=1S/C8H18ClNO3S.ClH/c1-3-4-5-6-7-10(8(2)9)14(11,12)13;/h8H,3-7H2,1-2H3,(H,11,12,13);1H. The fourth-order valence-corrected chi connectivity index (χ4v) is 2.30. The van der Waals surface area contributed by atoms with Crippen molar-refractivity contribution in [1.82, 2.24) is 4.31 Å². The Morgan fingerprint density at radius 3 is 2.20 bits per heavy atom. The van der Waals surface area contributed by atoms with Gasteiger partial charge in [0, 0.05) is 6.54 Å². The van der Waals surface area contributed by atoms with Crippen LogP contribution in [-0.4, -0.2) is 29.3 Å². The van der Waals surface area contributed by atoms with Crippen molar-refractivity contribution < 1.29 is 13.0 Å². The Balaban J connectivity index is 0. The first-order valence-corrected chi connectivity index (χ1v) is 6.61. The van der Waals surface area contributed by atoms with Gasteiger partial charge in [0.2, 0.25) is 0 Å². The van der Waals surface area contributed by atoms with Gasteiger partial charge in [0.1, 0.15) is 0 Å². The zero-order chi connectivity index (χ0) is 11.2. The number of halogens is 2. The average molecular weight is 280 g/mol. The summed E-state index contributed by atoms with van der Waals surface area (Å²) in [6, 6.07) is 0. The van der Waals surface area contributed by atoms with E-state index in [2.05, 4.69) is 6.92 Å². The maximum absolute atomic E-state index is 10.8. The Labute approximate surface area is 103 Å². The molecule has 1 atom stereocenters. The van der Waals surface area contributed by atoms with Gasteiger partial charge in [0.25, 0.3) is 0 Å². The van der Waals surface area contributed by atoms with Crippen LogP contribution in [0.1, 0.15) is 39.5 Å². The van der Waals surface area contributed by atoms with Crippen LogP contribution in [0.4, 0.5) is 0 Å². The molecule has 0 rings (SSSR count). The predicted molar refractivity (Wildman–Crippen MR) is 65.0 cm³/mol. The highest BCUT2D eigenvalue weighted by Gasteiger charge is 2.22. The van der Waals surface area contributed by atoms with Crippen molar-refractivity contribution in [3.63, 3.8) is 0 Å². The minimum Gasteiger partial charge on any atom is -0.273 e. The summed E-state index contributed by atoms with van der Waals surface area (Å²) in [7, 11) is -4.15. The molecule has 0 aliphatic carbocycles. The van der Waals surface area contributed by atoms with Gasteiger partial charge in [-0.1, -0.05) is 26.2 Å². The van der Waals surface area contributed by atoms with Crippen LogP contribution < -0.4 is 0 Å². The number of unbranched alkanes of at least 4 members (excludes halogenated alkanes) is 3. The molecule has 0 spiro atoms. The number of hydrogen-bond donors (Lipinski definition) is 1. The smallest absolute Gasteiger partial charge is 0.273 e. The maximum atomic E-state index is 10.8. The minimum atomic E-state index is -4.15. The van der Waals surface area contributed by atoms with Gasteiger partial charge in [-0.2, -0.15) is 12.7 Å². The molecule has 0 heterocycles. The summed E-state index contributed by atoms with van der Waals surface area (Å²) in [6.07, 6.45) is 3.83. The Morgan fingerprint density at radius 2 is 1.87 bits per heavy atom. The number of hydrogen-bond acceptors (Lipinski definition) is 2. The number of nitrogens with zero attached hydrogens (tertiary/aromatic N) is 1. The molecule has 1 unspecified atom stereocenters. The van der Waals surface area contributed by atoms with Crippen LogP contribution in [0.5, 0.6) is 0 Å². The summed E-state index contributed by atoms with van der Waals surface area (Å²) in [5, 5.41) is 0. The zero-order valence-corrected chi connectivity index (χ0v) is 11.4. The van der Waals surface area contributed by atoms with Crippen molar-refractivity contribution in [2.75, 3.05) is 6.54 Å². The third-order valence-corrected chi connectivity index (χ3v) is 3.37. The highest BCUT2D eigenvalue weighted by atomic mass is 35.5. The van der Waals surface area contributed by atoms with E-state index in [1.54, 1.807) is 0 Å². The Morgan fingerprint density at radius 1 is 1.33 bits per heavy atom. The van der Waals surface area contributed by atoms with Gasteiger partial charge in [-0.05, 0) is 13.3 Å². The van der Waals surface area contributed by atoms with E-state index in [0.29, 0.717) is 0 Å². The van der Waals surface area contributed by atoms with Gasteiger partial charge in [0.15, 0.2) is 0 Å². The first-order chi connectivity index (χ1) is 6.39. The summed E-state index contributed by atoms with van der Waals surface area (Å²) in [6.45, 7) is 3.88. The Hall–Kier alpha value is 0.450. The fourth-order valence-electron chi connectivity index (χ4n) is 1.17. The lowest BCUT2D eigenvalue weighted by Gasteiger charge is -2.20. The highest BCUT2D eigenvalue weighted by Crippen LogP contribution is 2.11. The normalized spacial score (nSPS) is 13.7. The maximum Gasteiger partial charge on any atom is 0.337 e. The van der Waals surface area contributed by atoms with Crippen LogP contribution in [0.3, 0.4) is 0 Å². The lowest BCUT2D eigenvalue weighted by atomic mass is 10.2. The topological polar surface area (TPSA) is 57.6 Å². The SMILES string of the molecule is CCCCCCN(C(C)Cl)S(=O)(=O)O.Cl. The number of rotatable bonds is 7. The van der Waals surface area contributed by atoms with Crippen molar-refractivity contribution >= 4 is 34.3 Å².